The van der Waals surface area contributed by atoms with Gasteiger partial charge in [-0.25, -0.2) is 8.42 Å². The van der Waals surface area contributed by atoms with Crippen molar-refractivity contribution in [2.45, 2.75) is 12.8 Å². The first-order valence-electron chi connectivity index (χ1n) is 8.08. The first kappa shape index (κ1) is 16.8. The maximum absolute atomic E-state index is 11.8. The molecular weight excluding hydrogens is 326 g/mol. The number of nitrogens with zero attached hydrogens (tertiary/aromatic N) is 2. The number of rotatable bonds is 5. The van der Waals surface area contributed by atoms with Crippen molar-refractivity contribution in [1.29, 1.82) is 0 Å². The summed E-state index contributed by atoms with van der Waals surface area (Å²) in [6, 6.07) is 9.76. The lowest BCUT2D eigenvalue weighted by molar-refractivity contribution is 0.415. The number of hydrogen-bond acceptors (Lipinski definition) is 5. The number of hydrogen-bond donors (Lipinski definition) is 1. The molecule has 1 aromatic heterocycles. The SMILES string of the molecule is COc1ccc(-c2cc(N(C)C[C@H]3CCCS(=O)(=O)C3)n[nH]2)cc1. The second-order valence-electron chi connectivity index (χ2n) is 6.37. The van der Waals surface area contributed by atoms with Crippen LogP contribution < -0.4 is 9.64 Å². The molecule has 1 aliphatic rings. The van der Waals surface area contributed by atoms with Crippen LogP contribution in [0.15, 0.2) is 30.3 Å². The van der Waals surface area contributed by atoms with E-state index in [-0.39, 0.29) is 11.7 Å². The van der Waals surface area contributed by atoms with Crippen LogP contribution in [0.1, 0.15) is 12.8 Å². The predicted molar refractivity (Wildman–Crippen MR) is 95.2 cm³/mol. The summed E-state index contributed by atoms with van der Waals surface area (Å²) in [6.45, 7) is 0.701. The second-order valence-corrected chi connectivity index (χ2v) is 8.60. The average molecular weight is 349 g/mol. The summed E-state index contributed by atoms with van der Waals surface area (Å²) < 4.78 is 28.7. The first-order chi connectivity index (χ1) is 11.5. The molecule has 0 aliphatic carbocycles. The van der Waals surface area contributed by atoms with Crippen LogP contribution in [0.4, 0.5) is 5.82 Å². The summed E-state index contributed by atoms with van der Waals surface area (Å²) in [7, 11) is 0.725. The Kier molecular flexibility index (Phi) is 4.80. The lowest BCUT2D eigenvalue weighted by atomic mass is 10.1. The molecule has 1 saturated heterocycles. The summed E-state index contributed by atoms with van der Waals surface area (Å²) in [6.07, 6.45) is 1.72. The maximum Gasteiger partial charge on any atom is 0.150 e. The molecule has 0 saturated carbocycles. The summed E-state index contributed by atoms with van der Waals surface area (Å²) in [4.78, 5) is 2.02. The molecule has 1 fully saturated rings. The van der Waals surface area contributed by atoms with Gasteiger partial charge in [0.05, 0.1) is 24.3 Å². The molecule has 2 heterocycles. The molecule has 3 rings (SSSR count). The van der Waals surface area contributed by atoms with Crippen LogP contribution in [0, 0.1) is 5.92 Å². The fourth-order valence-electron chi connectivity index (χ4n) is 3.17. The Morgan fingerprint density at radius 2 is 2.08 bits per heavy atom. The molecule has 1 aliphatic heterocycles. The van der Waals surface area contributed by atoms with Crippen LogP contribution in [-0.2, 0) is 9.84 Å². The zero-order valence-electron chi connectivity index (χ0n) is 14.0. The number of nitrogens with one attached hydrogen (secondary N) is 1. The number of sulfone groups is 1. The summed E-state index contributed by atoms with van der Waals surface area (Å²) >= 11 is 0. The third kappa shape index (κ3) is 3.90. The molecule has 0 unspecified atom stereocenters. The van der Waals surface area contributed by atoms with Crippen LogP contribution in [-0.4, -0.2) is 50.8 Å². The molecule has 0 amide bonds. The van der Waals surface area contributed by atoms with Crippen LogP contribution in [0.2, 0.25) is 0 Å². The predicted octanol–water partition coefficient (Wildman–Crippen LogP) is 2.35. The Hall–Kier alpha value is -2.02. The standard InChI is InChI=1S/C17H23N3O3S/c1-20(11-13-4-3-9-24(21,22)12-13)17-10-16(18-19-17)14-5-7-15(23-2)8-6-14/h5-8,10,13H,3-4,9,11-12H2,1-2H3,(H,18,19)/t13-/m1/s1. The van der Waals surface area contributed by atoms with Crippen LogP contribution in [0.5, 0.6) is 5.75 Å². The third-order valence-electron chi connectivity index (χ3n) is 4.45. The fraction of sp³-hybridized carbons (Fsp3) is 0.471. The molecule has 0 spiro atoms. The minimum Gasteiger partial charge on any atom is -0.497 e. The van der Waals surface area contributed by atoms with Gasteiger partial charge in [-0.1, -0.05) is 0 Å². The zero-order valence-corrected chi connectivity index (χ0v) is 14.8. The van der Waals surface area contributed by atoms with Gasteiger partial charge in [0, 0.05) is 19.7 Å². The van der Waals surface area contributed by atoms with E-state index < -0.39 is 9.84 Å². The van der Waals surface area contributed by atoms with Crippen molar-refractivity contribution >= 4 is 15.7 Å². The van der Waals surface area contributed by atoms with Gasteiger partial charge < -0.3 is 9.64 Å². The van der Waals surface area contributed by atoms with Gasteiger partial charge in [-0.05, 0) is 48.6 Å². The molecule has 1 aromatic carbocycles. The summed E-state index contributed by atoms with van der Waals surface area (Å²) in [5, 5.41) is 7.40. The highest BCUT2D eigenvalue weighted by Crippen LogP contribution is 2.25. The van der Waals surface area contributed by atoms with E-state index in [0.717, 1.165) is 35.7 Å². The van der Waals surface area contributed by atoms with Crippen molar-refractivity contribution in [3.05, 3.63) is 30.3 Å². The van der Waals surface area contributed by atoms with Gasteiger partial charge in [-0.15, -0.1) is 0 Å². The average Bonchev–Trinajstić information content (AvgIpc) is 3.04. The number of methoxy groups -OCH3 is 1. The summed E-state index contributed by atoms with van der Waals surface area (Å²) in [5.74, 6) is 2.43. The Bertz CT molecular complexity index is 784. The zero-order chi connectivity index (χ0) is 17.2. The van der Waals surface area contributed by atoms with Crippen molar-refractivity contribution in [2.24, 2.45) is 5.92 Å². The van der Waals surface area contributed by atoms with E-state index in [4.69, 9.17) is 4.74 Å². The first-order valence-corrected chi connectivity index (χ1v) is 9.90. The highest BCUT2D eigenvalue weighted by atomic mass is 32.2. The molecular formula is C17H23N3O3S. The van der Waals surface area contributed by atoms with Crippen molar-refractivity contribution < 1.29 is 13.2 Å². The molecule has 6 nitrogen and oxygen atoms in total. The van der Waals surface area contributed by atoms with Gasteiger partial charge in [0.25, 0.3) is 0 Å². The van der Waals surface area contributed by atoms with E-state index >= 15 is 0 Å². The van der Waals surface area contributed by atoms with E-state index in [0.29, 0.717) is 12.3 Å². The molecule has 1 atom stereocenters. The molecule has 24 heavy (non-hydrogen) atoms. The Morgan fingerprint density at radius 1 is 1.33 bits per heavy atom. The monoisotopic (exact) mass is 349 g/mol. The number of aromatic nitrogens is 2. The smallest absolute Gasteiger partial charge is 0.150 e. The van der Waals surface area contributed by atoms with Crippen LogP contribution >= 0.6 is 0 Å². The topological polar surface area (TPSA) is 75.3 Å². The van der Waals surface area contributed by atoms with Gasteiger partial charge in [0.1, 0.15) is 5.75 Å². The fourth-order valence-corrected chi connectivity index (χ4v) is 4.93. The molecule has 2 aromatic rings. The summed E-state index contributed by atoms with van der Waals surface area (Å²) in [5.41, 5.74) is 1.96. The van der Waals surface area contributed by atoms with E-state index in [9.17, 15) is 8.42 Å². The molecule has 0 bridgehead atoms. The Balaban J connectivity index is 1.68. The molecule has 130 valence electrons. The van der Waals surface area contributed by atoms with E-state index in [1.54, 1.807) is 7.11 Å². The maximum atomic E-state index is 11.8. The van der Waals surface area contributed by atoms with Gasteiger partial charge in [0.15, 0.2) is 15.7 Å². The molecule has 7 heteroatoms. The molecule has 0 radical (unpaired) electrons. The lowest BCUT2D eigenvalue weighted by Crippen LogP contribution is -2.34. The highest BCUT2D eigenvalue weighted by Gasteiger charge is 2.26. The van der Waals surface area contributed by atoms with Crippen molar-refractivity contribution in [2.75, 3.05) is 37.1 Å². The Morgan fingerprint density at radius 3 is 2.75 bits per heavy atom. The normalized spacial score (nSPS) is 19.8. The van der Waals surface area contributed by atoms with Crippen molar-refractivity contribution in [1.82, 2.24) is 10.2 Å². The van der Waals surface area contributed by atoms with Crippen molar-refractivity contribution in [3.63, 3.8) is 0 Å². The second kappa shape index (κ2) is 6.84. The van der Waals surface area contributed by atoms with Crippen LogP contribution in [0.3, 0.4) is 0 Å². The van der Waals surface area contributed by atoms with Gasteiger partial charge >= 0.3 is 0 Å². The quantitative estimate of drug-likeness (QED) is 0.897. The van der Waals surface area contributed by atoms with Gasteiger partial charge in [0.2, 0.25) is 0 Å². The van der Waals surface area contributed by atoms with E-state index in [2.05, 4.69) is 10.2 Å². The van der Waals surface area contributed by atoms with Crippen molar-refractivity contribution in [3.8, 4) is 17.0 Å². The lowest BCUT2D eigenvalue weighted by Gasteiger charge is -2.26. The van der Waals surface area contributed by atoms with Gasteiger partial charge in [-0.2, -0.15) is 5.10 Å². The van der Waals surface area contributed by atoms with E-state index in [1.807, 2.05) is 42.3 Å². The number of aromatic amines is 1. The van der Waals surface area contributed by atoms with E-state index in [1.165, 1.54) is 0 Å². The van der Waals surface area contributed by atoms with Crippen LogP contribution in [0.25, 0.3) is 11.3 Å². The Labute approximate surface area is 142 Å². The number of anilines is 1. The number of H-pyrrole nitrogens is 1. The number of ether oxygens (including phenoxy) is 1. The number of benzene rings is 1. The van der Waals surface area contributed by atoms with Gasteiger partial charge in [-0.3, -0.25) is 5.10 Å². The third-order valence-corrected chi connectivity index (χ3v) is 6.34. The minimum atomic E-state index is -2.87. The highest BCUT2D eigenvalue weighted by molar-refractivity contribution is 7.91. The minimum absolute atomic E-state index is 0.176. The molecule has 1 N–H and O–H groups in total. The largest absolute Gasteiger partial charge is 0.497 e.